The Bertz CT molecular complexity index is 10.8. The van der Waals surface area contributed by atoms with Gasteiger partial charge in [0.2, 0.25) is 0 Å². The molecule has 0 fully saturated rings. The topological polar surface area (TPSA) is 30.0 Å². The van der Waals surface area contributed by atoms with Gasteiger partial charge in [0.1, 0.15) is 0 Å². The van der Waals surface area contributed by atoms with Gasteiger partial charge >= 0.3 is 93.1 Å². The fraction of sp³-hybridized carbons (Fsp3) is 0. The molecule has 0 aromatic heterocycles. The average Bonchev–Trinajstić information content (AvgIpc) is 0. The molecule has 0 saturated carbocycles. The van der Waals surface area contributed by atoms with Crippen LogP contribution in [0.5, 0.6) is 0 Å². The van der Waals surface area contributed by atoms with Crippen LogP contribution in [0.25, 0.3) is 0 Å². The van der Waals surface area contributed by atoms with Gasteiger partial charge in [0.05, 0.1) is 0 Å². The second-order valence-electron chi connectivity index (χ2n) is 0. The van der Waals surface area contributed by atoms with Gasteiger partial charge in [-0.25, -0.2) is 0 Å². The van der Waals surface area contributed by atoms with E-state index in [0.29, 0.717) is 0 Å². The van der Waals surface area contributed by atoms with Gasteiger partial charge in [-0.2, -0.15) is 0 Å². The summed E-state index contributed by atoms with van der Waals surface area (Å²) in [5, 5.41) is 0. The Morgan fingerprint density at radius 2 is 0.667 bits per heavy atom. The van der Waals surface area contributed by atoms with Crippen LogP contribution >= 0.6 is 0 Å². The summed E-state index contributed by atoms with van der Waals surface area (Å²) in [4.78, 5) is 0. The number of hydrogen-bond donors (Lipinski definition) is 0. The predicted octanol–water partition coefficient (Wildman–Crippen LogP) is -1.82. The Labute approximate surface area is 118 Å². The first-order valence-corrected chi connectivity index (χ1v) is 0. The first-order chi connectivity index (χ1) is 0. The van der Waals surface area contributed by atoms with Crippen molar-refractivity contribution in [3.8, 4) is 0 Å². The van der Waals surface area contributed by atoms with Crippen molar-refractivity contribution >= 4 is 0 Å². The minimum atomic E-state index is 0. The van der Waals surface area contributed by atoms with Gasteiger partial charge in [-0.3, -0.25) is 0 Å². The molecule has 0 unspecified atom stereocenters. The molecule has 0 aromatic carbocycles. The van der Waals surface area contributed by atoms with Crippen LogP contribution in [-0.4, -0.2) is 5.48 Å². The van der Waals surface area contributed by atoms with Crippen molar-refractivity contribution in [2.24, 2.45) is 0 Å². The zero-order chi connectivity index (χ0) is 0. The van der Waals surface area contributed by atoms with E-state index in [0.717, 1.165) is 0 Å². The van der Waals surface area contributed by atoms with Crippen LogP contribution in [0.2, 0.25) is 0 Å². The summed E-state index contributed by atoms with van der Waals surface area (Å²) < 4.78 is 0. The molecule has 0 aliphatic heterocycles. The van der Waals surface area contributed by atoms with Crippen molar-refractivity contribution in [1.29, 1.82) is 0 Å². The summed E-state index contributed by atoms with van der Waals surface area (Å²) in [6.45, 7) is 0. The molecule has 0 bridgehead atoms. The van der Waals surface area contributed by atoms with Crippen molar-refractivity contribution in [2.75, 3.05) is 0 Å². The van der Waals surface area contributed by atoms with Gasteiger partial charge in [-0.1, -0.05) is 0 Å². The Morgan fingerprint density at radius 1 is 0.667 bits per heavy atom. The van der Waals surface area contributed by atoms with Gasteiger partial charge < -0.3 is 27.8 Å². The van der Waals surface area contributed by atoms with E-state index in [9.17, 15) is 0 Å². The van der Waals surface area contributed by atoms with Crippen molar-refractivity contribution in [3.05, 3.63) is 22.3 Å². The van der Waals surface area contributed by atoms with Crippen LogP contribution in [0.3, 0.4) is 0 Å². The smallest absolute Gasteiger partial charge is 0.870 e. The van der Waals surface area contributed by atoms with Crippen LogP contribution in [0.1, 0.15) is 0 Å². The summed E-state index contributed by atoms with van der Waals surface area (Å²) in [5.74, 6) is 0. The molecule has 0 rings (SSSR count). The maximum atomic E-state index is 0. The quantitative estimate of drug-likeness (QED) is 0.363. The van der Waals surface area contributed by atoms with Crippen LogP contribution in [0, 0.1) is 64.0 Å². The SMILES string of the molecule is [CH3-].[CH3-].[CH3-].[Ce+3].[K+].[OH-]. The van der Waals surface area contributed by atoms with Crippen LogP contribution in [0.15, 0.2) is 0 Å². The molecule has 0 amide bonds. The zero-order valence-corrected chi connectivity index (χ0v) is 11.2. The van der Waals surface area contributed by atoms with Crippen LogP contribution in [-0.2, 0) is 0 Å². The Balaban J connectivity index is 0. The van der Waals surface area contributed by atoms with Crippen LogP contribution < -0.4 is 51.4 Å². The summed E-state index contributed by atoms with van der Waals surface area (Å²) in [6, 6.07) is 0. The summed E-state index contributed by atoms with van der Waals surface area (Å²) >= 11 is 0. The zero-order valence-electron chi connectivity index (χ0n) is 4.95. The van der Waals surface area contributed by atoms with E-state index < -0.39 is 0 Å². The third-order valence-corrected chi connectivity index (χ3v) is 0. The van der Waals surface area contributed by atoms with E-state index in [1.807, 2.05) is 0 Å². The van der Waals surface area contributed by atoms with E-state index in [-0.39, 0.29) is 121 Å². The summed E-state index contributed by atoms with van der Waals surface area (Å²) in [7, 11) is 0. The molecule has 3 heteroatoms. The molecule has 0 atom stereocenters. The number of hydrogen-bond acceptors (Lipinski definition) is 1. The summed E-state index contributed by atoms with van der Waals surface area (Å²) in [5.41, 5.74) is 0. The predicted molar refractivity (Wildman–Crippen MR) is 21.2 cm³/mol. The van der Waals surface area contributed by atoms with Gasteiger partial charge in [-0.15, -0.1) is 0 Å². The van der Waals surface area contributed by atoms with Crippen molar-refractivity contribution in [2.45, 2.75) is 0 Å². The van der Waals surface area contributed by atoms with Gasteiger partial charge in [0, 0.05) is 0 Å². The van der Waals surface area contributed by atoms with Crippen molar-refractivity contribution in [3.63, 3.8) is 0 Å². The van der Waals surface area contributed by atoms with Gasteiger partial charge in [-0.05, 0) is 0 Å². The molecule has 0 aliphatic rings. The third kappa shape index (κ3) is 28.1. The first-order valence-electron chi connectivity index (χ1n) is 0. The molecular weight excluding hydrogens is 231 g/mol. The fourth-order valence-corrected chi connectivity index (χ4v) is 0. The third-order valence-electron chi connectivity index (χ3n) is 0. The maximum Gasteiger partial charge on any atom is 3.00 e. The standard InChI is InChI=1S/3CH3.Ce.K.H2O/h3*1H3;;;1H2/q3*-1;+3;+1;/p-1. The largest absolute Gasteiger partial charge is 3.00 e. The molecule has 0 heterocycles. The maximum absolute atomic E-state index is 0. The van der Waals surface area contributed by atoms with Crippen LogP contribution in [0.4, 0.5) is 0 Å². The molecule has 33 valence electrons. The average molecular weight is 241 g/mol. The summed E-state index contributed by atoms with van der Waals surface area (Å²) in [6.07, 6.45) is 0. The van der Waals surface area contributed by atoms with E-state index in [2.05, 4.69) is 0 Å². The monoisotopic (exact) mass is 241 g/mol. The Kier molecular flexibility index (Phi) is 472. The Hall–Kier alpha value is 2.97. The molecule has 0 aliphatic carbocycles. The van der Waals surface area contributed by atoms with E-state index in [1.165, 1.54) is 0 Å². The second-order valence-corrected chi connectivity index (χ2v) is 0. The van der Waals surface area contributed by atoms with E-state index in [4.69, 9.17) is 0 Å². The molecule has 1 N–H and O–H groups in total. The van der Waals surface area contributed by atoms with Gasteiger partial charge in [0.15, 0.2) is 0 Å². The minimum absolute atomic E-state index is 0. The fourth-order valence-electron chi connectivity index (χ4n) is 0. The van der Waals surface area contributed by atoms with E-state index in [1.54, 1.807) is 0 Å². The van der Waals surface area contributed by atoms with E-state index >= 15 is 0 Å². The molecule has 1 nitrogen and oxygen atoms in total. The molecule has 0 saturated heterocycles. The normalized spacial score (nSPS) is 0. The second kappa shape index (κ2) is 43.9. The van der Waals surface area contributed by atoms with Crippen molar-refractivity contribution < 1.29 is 98.6 Å². The van der Waals surface area contributed by atoms with Gasteiger partial charge in [0.25, 0.3) is 0 Å². The molecular formula is C3H10CeKO. The molecule has 0 spiro atoms. The molecule has 6 heavy (non-hydrogen) atoms. The number of rotatable bonds is 0. The Morgan fingerprint density at radius 3 is 0.667 bits per heavy atom. The molecule has 1 radical (unpaired) electrons. The first kappa shape index (κ1) is 64.5. The molecule has 0 aromatic rings. The van der Waals surface area contributed by atoms with Crippen molar-refractivity contribution in [1.82, 2.24) is 0 Å². The minimum Gasteiger partial charge on any atom is -0.870 e.